The van der Waals surface area contributed by atoms with Crippen molar-refractivity contribution in [2.75, 3.05) is 12.9 Å². The third-order valence-corrected chi connectivity index (χ3v) is 5.23. The molecule has 0 saturated carbocycles. The number of carbonyl (C=O) groups is 2. The largest absolute Gasteiger partial charge is 0.469 e. The molecule has 1 rings (SSSR count). The van der Waals surface area contributed by atoms with Crippen molar-refractivity contribution in [2.24, 2.45) is 0 Å². The highest BCUT2D eigenvalue weighted by molar-refractivity contribution is 7.91. The van der Waals surface area contributed by atoms with E-state index in [9.17, 15) is 18.0 Å². The van der Waals surface area contributed by atoms with E-state index in [4.69, 9.17) is 0 Å². The van der Waals surface area contributed by atoms with Crippen LogP contribution in [0.25, 0.3) is 0 Å². The lowest BCUT2D eigenvalue weighted by atomic mass is 10.0. The van der Waals surface area contributed by atoms with Gasteiger partial charge < -0.3 is 4.74 Å². The summed E-state index contributed by atoms with van der Waals surface area (Å²) >= 11 is 0. The molecule has 0 fully saturated rings. The van der Waals surface area contributed by atoms with E-state index in [1.807, 2.05) is 0 Å². The van der Waals surface area contributed by atoms with Crippen molar-refractivity contribution in [3.8, 4) is 0 Å². The Balaban J connectivity index is 3.00. The highest BCUT2D eigenvalue weighted by Gasteiger charge is 2.21. The number of benzene rings is 1. The van der Waals surface area contributed by atoms with Gasteiger partial charge in [0.2, 0.25) is 0 Å². The number of ketones is 1. The van der Waals surface area contributed by atoms with Crippen LogP contribution in [-0.2, 0) is 19.4 Å². The van der Waals surface area contributed by atoms with E-state index < -0.39 is 9.84 Å². The van der Waals surface area contributed by atoms with Crippen LogP contribution in [0.2, 0.25) is 0 Å². The normalized spacial score (nSPS) is 11.2. The molecule has 0 aliphatic rings. The minimum absolute atomic E-state index is 0.0124. The van der Waals surface area contributed by atoms with Gasteiger partial charge in [-0.1, -0.05) is 18.6 Å². The van der Waals surface area contributed by atoms with Crippen molar-refractivity contribution < 1.29 is 22.7 Å². The van der Waals surface area contributed by atoms with Crippen LogP contribution in [0.5, 0.6) is 0 Å². The molecule has 0 aromatic heterocycles. The Bertz CT molecular complexity index is 647. The molecule has 5 nitrogen and oxygen atoms in total. The van der Waals surface area contributed by atoms with Crippen LogP contribution in [0.3, 0.4) is 0 Å². The average Bonchev–Trinajstić information content (AvgIpc) is 2.46. The van der Waals surface area contributed by atoms with Crippen molar-refractivity contribution in [1.82, 2.24) is 0 Å². The van der Waals surface area contributed by atoms with Gasteiger partial charge in [-0.15, -0.1) is 0 Å². The van der Waals surface area contributed by atoms with Gasteiger partial charge >= 0.3 is 5.97 Å². The lowest BCUT2D eigenvalue weighted by Gasteiger charge is -2.10. The second-order valence-electron chi connectivity index (χ2n) is 5.17. The number of hydrogen-bond acceptors (Lipinski definition) is 5. The predicted molar refractivity (Wildman–Crippen MR) is 83.7 cm³/mol. The first-order valence-electron chi connectivity index (χ1n) is 7.25. The summed E-state index contributed by atoms with van der Waals surface area (Å²) in [6.07, 6.45) is 1.09. The molecule has 0 aliphatic heterocycles. The fourth-order valence-electron chi connectivity index (χ4n) is 2.14. The van der Waals surface area contributed by atoms with E-state index in [1.54, 1.807) is 26.0 Å². The quantitative estimate of drug-likeness (QED) is 0.542. The van der Waals surface area contributed by atoms with Crippen LogP contribution in [0, 0.1) is 6.92 Å². The zero-order chi connectivity index (χ0) is 16.8. The van der Waals surface area contributed by atoms with E-state index >= 15 is 0 Å². The minimum Gasteiger partial charge on any atom is -0.469 e. The van der Waals surface area contributed by atoms with Crippen LogP contribution < -0.4 is 0 Å². The van der Waals surface area contributed by atoms with Crippen molar-refractivity contribution in [3.63, 3.8) is 0 Å². The Kier molecular flexibility index (Phi) is 6.74. The van der Waals surface area contributed by atoms with Gasteiger partial charge in [-0.25, -0.2) is 8.42 Å². The Hall–Kier alpha value is -1.69. The summed E-state index contributed by atoms with van der Waals surface area (Å²) in [6.45, 7) is 3.59. The fraction of sp³-hybridized carbons (Fsp3) is 0.500. The minimum atomic E-state index is -3.46. The molecular weight excluding hydrogens is 304 g/mol. The SMILES string of the molecule is CCCS(=O)(=O)c1ccc(C)cc1C(=O)CCCC(=O)OC. The fourth-order valence-corrected chi connectivity index (χ4v) is 3.68. The van der Waals surface area contributed by atoms with Crippen molar-refractivity contribution in [1.29, 1.82) is 0 Å². The number of aryl methyl sites for hydroxylation is 1. The Morgan fingerprint density at radius 3 is 2.45 bits per heavy atom. The number of sulfone groups is 1. The molecule has 0 spiro atoms. The van der Waals surface area contributed by atoms with E-state index in [-0.39, 0.29) is 40.8 Å². The molecule has 0 amide bonds. The standard InChI is InChI=1S/C16H22O5S/c1-4-10-22(19,20)15-9-8-12(2)11-13(15)14(17)6-5-7-16(18)21-3/h8-9,11H,4-7,10H2,1-3H3. The van der Waals surface area contributed by atoms with Gasteiger partial charge in [0, 0.05) is 18.4 Å². The number of Topliss-reactive ketones (excluding diaryl/α,β-unsaturated/α-hetero) is 1. The monoisotopic (exact) mass is 326 g/mol. The number of esters is 1. The Morgan fingerprint density at radius 2 is 1.86 bits per heavy atom. The molecule has 0 saturated heterocycles. The first-order chi connectivity index (χ1) is 10.3. The van der Waals surface area contributed by atoms with Gasteiger partial charge in [0.1, 0.15) is 0 Å². The lowest BCUT2D eigenvalue weighted by Crippen LogP contribution is -2.13. The third kappa shape index (κ3) is 4.94. The highest BCUT2D eigenvalue weighted by atomic mass is 32.2. The van der Waals surface area contributed by atoms with Crippen LogP contribution in [-0.4, -0.2) is 33.0 Å². The number of methoxy groups -OCH3 is 1. The van der Waals surface area contributed by atoms with Crippen molar-refractivity contribution in [2.45, 2.75) is 44.4 Å². The summed E-state index contributed by atoms with van der Waals surface area (Å²) in [4.78, 5) is 23.5. The second-order valence-corrected chi connectivity index (χ2v) is 7.25. The summed E-state index contributed by atoms with van der Waals surface area (Å²) in [5.41, 5.74) is 1.05. The van der Waals surface area contributed by atoms with E-state index in [0.29, 0.717) is 12.8 Å². The van der Waals surface area contributed by atoms with Crippen molar-refractivity contribution >= 4 is 21.6 Å². The summed E-state index contributed by atoms with van der Waals surface area (Å²) in [7, 11) is -2.17. The molecule has 1 aromatic carbocycles. The molecule has 0 radical (unpaired) electrons. The van der Waals surface area contributed by atoms with Gasteiger partial charge in [-0.3, -0.25) is 9.59 Å². The van der Waals surface area contributed by atoms with Crippen LogP contribution in [0.1, 0.15) is 48.5 Å². The maximum Gasteiger partial charge on any atom is 0.305 e. The van der Waals surface area contributed by atoms with Crippen LogP contribution >= 0.6 is 0 Å². The predicted octanol–water partition coefficient (Wildman–Crippen LogP) is 2.70. The number of rotatable bonds is 8. The second kappa shape index (κ2) is 8.08. The maximum atomic E-state index is 12.3. The van der Waals surface area contributed by atoms with Gasteiger partial charge in [-0.05, 0) is 31.9 Å². The van der Waals surface area contributed by atoms with Gasteiger partial charge in [0.15, 0.2) is 15.6 Å². The lowest BCUT2D eigenvalue weighted by molar-refractivity contribution is -0.140. The molecular formula is C16H22O5S. The average molecular weight is 326 g/mol. The zero-order valence-corrected chi connectivity index (χ0v) is 14.0. The first-order valence-corrected chi connectivity index (χ1v) is 8.90. The van der Waals surface area contributed by atoms with Gasteiger partial charge in [0.25, 0.3) is 0 Å². The summed E-state index contributed by atoms with van der Waals surface area (Å²) < 4.78 is 29.1. The van der Waals surface area contributed by atoms with Gasteiger partial charge in [0.05, 0.1) is 17.8 Å². The molecule has 122 valence electrons. The molecule has 0 aliphatic carbocycles. The van der Waals surface area contributed by atoms with Crippen molar-refractivity contribution in [3.05, 3.63) is 29.3 Å². The molecule has 0 bridgehead atoms. The molecule has 0 N–H and O–H groups in total. The summed E-state index contributed by atoms with van der Waals surface area (Å²) in [5, 5.41) is 0. The smallest absolute Gasteiger partial charge is 0.305 e. The number of carbonyl (C=O) groups excluding carboxylic acids is 2. The molecule has 1 aromatic rings. The molecule has 0 heterocycles. The van der Waals surface area contributed by atoms with E-state index in [2.05, 4.69) is 4.74 Å². The molecule has 0 unspecified atom stereocenters. The highest BCUT2D eigenvalue weighted by Crippen LogP contribution is 2.22. The van der Waals surface area contributed by atoms with E-state index in [0.717, 1.165) is 5.56 Å². The summed E-state index contributed by atoms with van der Waals surface area (Å²) in [6, 6.07) is 4.78. The summed E-state index contributed by atoms with van der Waals surface area (Å²) in [5.74, 6) is -0.628. The molecule has 22 heavy (non-hydrogen) atoms. The van der Waals surface area contributed by atoms with Gasteiger partial charge in [-0.2, -0.15) is 0 Å². The maximum absolute atomic E-state index is 12.3. The third-order valence-electron chi connectivity index (χ3n) is 3.26. The number of hydrogen-bond donors (Lipinski definition) is 0. The zero-order valence-electron chi connectivity index (χ0n) is 13.2. The first kappa shape index (κ1) is 18.4. The van der Waals surface area contributed by atoms with Crippen LogP contribution in [0.4, 0.5) is 0 Å². The number of ether oxygens (including phenoxy) is 1. The van der Waals surface area contributed by atoms with E-state index in [1.165, 1.54) is 13.2 Å². The molecule has 6 heteroatoms. The topological polar surface area (TPSA) is 77.5 Å². The Morgan fingerprint density at radius 1 is 1.18 bits per heavy atom. The Labute approximate surface area is 131 Å². The van der Waals surface area contributed by atoms with Crippen LogP contribution in [0.15, 0.2) is 23.1 Å². The molecule has 0 atom stereocenters.